The molecule has 27 heavy (non-hydrogen) atoms. The van der Waals surface area contributed by atoms with Crippen LogP contribution in [0, 0.1) is 27.7 Å². The van der Waals surface area contributed by atoms with Gasteiger partial charge in [-0.05, 0) is 86.4 Å². The van der Waals surface area contributed by atoms with E-state index in [0.717, 1.165) is 33.7 Å². The molecule has 2 aromatic heterocycles. The number of hydrogen-bond donors (Lipinski definition) is 2. The molecule has 0 amide bonds. The normalized spacial score (nSPS) is 12.0. The van der Waals surface area contributed by atoms with Crippen LogP contribution in [0.4, 0.5) is 0 Å². The number of nitrogens with zero attached hydrogens (tertiary/aromatic N) is 3. The number of aliphatic hydroxyl groups excluding tert-OH is 1. The summed E-state index contributed by atoms with van der Waals surface area (Å²) >= 11 is 0. The van der Waals surface area contributed by atoms with Crippen LogP contribution < -0.4 is 0 Å². The van der Waals surface area contributed by atoms with Gasteiger partial charge in [0.2, 0.25) is 0 Å². The van der Waals surface area contributed by atoms with Crippen molar-refractivity contribution in [2.75, 3.05) is 6.61 Å². The molecule has 5 heteroatoms. The van der Waals surface area contributed by atoms with Gasteiger partial charge in [0, 0.05) is 6.54 Å². The number of fused-ring (bicyclic) bond motifs is 2. The molecule has 4 aromatic rings. The lowest BCUT2D eigenvalue weighted by Gasteiger charge is -2.05. The standard InChI is InChI=1S/C22H24N4O/c1-13-9-17-18(10-14(13)2)24-21(23-17)5-6-22-25-19-11-15(3)16(4)12-20(19)26(22)7-8-27/h5-6,9-12,27H,7-8H2,1-4H3,(H,23,24). The molecule has 0 saturated heterocycles. The summed E-state index contributed by atoms with van der Waals surface area (Å²) in [4.78, 5) is 12.8. The molecule has 0 radical (unpaired) electrons. The first-order valence-electron chi connectivity index (χ1n) is 9.19. The van der Waals surface area contributed by atoms with Gasteiger partial charge in [-0.3, -0.25) is 0 Å². The van der Waals surface area contributed by atoms with Gasteiger partial charge in [-0.25, -0.2) is 9.97 Å². The van der Waals surface area contributed by atoms with Crippen molar-refractivity contribution in [2.45, 2.75) is 34.2 Å². The lowest BCUT2D eigenvalue weighted by Crippen LogP contribution is -2.04. The van der Waals surface area contributed by atoms with Gasteiger partial charge in [0.05, 0.1) is 28.7 Å². The van der Waals surface area contributed by atoms with E-state index in [2.05, 4.69) is 66.5 Å². The van der Waals surface area contributed by atoms with Crippen LogP contribution in [0.5, 0.6) is 0 Å². The second-order valence-electron chi connectivity index (χ2n) is 7.18. The third-order valence-corrected chi connectivity index (χ3v) is 5.22. The summed E-state index contributed by atoms with van der Waals surface area (Å²) in [5.41, 5.74) is 8.91. The molecular weight excluding hydrogens is 336 g/mol. The number of aromatic amines is 1. The number of rotatable bonds is 4. The largest absolute Gasteiger partial charge is 0.395 e. The molecule has 138 valence electrons. The fraction of sp³-hybridized carbons (Fsp3) is 0.273. The topological polar surface area (TPSA) is 66.7 Å². The van der Waals surface area contributed by atoms with Crippen LogP contribution in [0.1, 0.15) is 33.9 Å². The Bertz CT molecular complexity index is 1140. The van der Waals surface area contributed by atoms with Crippen molar-refractivity contribution in [3.05, 3.63) is 58.2 Å². The minimum Gasteiger partial charge on any atom is -0.395 e. The van der Waals surface area contributed by atoms with E-state index >= 15 is 0 Å². The molecule has 0 fully saturated rings. The van der Waals surface area contributed by atoms with E-state index in [0.29, 0.717) is 6.54 Å². The van der Waals surface area contributed by atoms with Gasteiger partial charge in [-0.2, -0.15) is 0 Å². The number of H-pyrrole nitrogens is 1. The van der Waals surface area contributed by atoms with E-state index in [1.165, 1.54) is 22.3 Å². The maximum absolute atomic E-state index is 9.49. The van der Waals surface area contributed by atoms with E-state index in [-0.39, 0.29) is 6.61 Å². The molecular formula is C22H24N4O. The SMILES string of the molecule is Cc1cc2nc(C=Cc3nc4cc(C)c(C)cc4n3CCO)[nH]c2cc1C. The fourth-order valence-corrected chi connectivity index (χ4v) is 3.38. The Kier molecular flexibility index (Phi) is 4.32. The highest BCUT2D eigenvalue weighted by molar-refractivity contribution is 5.83. The first kappa shape index (κ1) is 17.5. The average molecular weight is 360 g/mol. The van der Waals surface area contributed by atoms with E-state index in [1.807, 2.05) is 12.2 Å². The summed E-state index contributed by atoms with van der Waals surface area (Å²) < 4.78 is 2.05. The third kappa shape index (κ3) is 3.15. The molecule has 0 atom stereocenters. The Balaban J connectivity index is 1.77. The van der Waals surface area contributed by atoms with Crippen molar-refractivity contribution < 1.29 is 5.11 Å². The average Bonchev–Trinajstić information content (AvgIpc) is 3.16. The minimum atomic E-state index is 0.0718. The van der Waals surface area contributed by atoms with E-state index in [1.54, 1.807) is 0 Å². The molecule has 0 saturated carbocycles. The zero-order valence-corrected chi connectivity index (χ0v) is 16.2. The van der Waals surface area contributed by atoms with Gasteiger partial charge in [0.25, 0.3) is 0 Å². The number of aryl methyl sites for hydroxylation is 4. The van der Waals surface area contributed by atoms with Gasteiger partial charge < -0.3 is 14.7 Å². The third-order valence-electron chi connectivity index (χ3n) is 5.22. The maximum atomic E-state index is 9.49. The van der Waals surface area contributed by atoms with Crippen molar-refractivity contribution in [1.29, 1.82) is 0 Å². The second-order valence-corrected chi connectivity index (χ2v) is 7.18. The Hall–Kier alpha value is -2.92. The van der Waals surface area contributed by atoms with E-state index in [9.17, 15) is 5.11 Å². The number of benzene rings is 2. The van der Waals surface area contributed by atoms with Crippen LogP contribution in [0.25, 0.3) is 34.2 Å². The van der Waals surface area contributed by atoms with Gasteiger partial charge in [-0.1, -0.05) is 0 Å². The van der Waals surface area contributed by atoms with Gasteiger partial charge in [0.15, 0.2) is 0 Å². The monoisotopic (exact) mass is 360 g/mol. The van der Waals surface area contributed by atoms with Gasteiger partial charge in [0.1, 0.15) is 11.6 Å². The van der Waals surface area contributed by atoms with Crippen LogP contribution >= 0.6 is 0 Å². The van der Waals surface area contributed by atoms with Crippen molar-refractivity contribution in [1.82, 2.24) is 19.5 Å². The molecule has 0 aliphatic heterocycles. The van der Waals surface area contributed by atoms with Crippen molar-refractivity contribution >= 4 is 34.2 Å². The molecule has 0 spiro atoms. The Morgan fingerprint density at radius 3 is 2.30 bits per heavy atom. The van der Waals surface area contributed by atoms with Gasteiger partial charge in [-0.15, -0.1) is 0 Å². The molecule has 0 aliphatic carbocycles. The van der Waals surface area contributed by atoms with Gasteiger partial charge >= 0.3 is 0 Å². The van der Waals surface area contributed by atoms with Crippen molar-refractivity contribution in [3.63, 3.8) is 0 Å². The van der Waals surface area contributed by atoms with Crippen LogP contribution in [-0.2, 0) is 6.54 Å². The Morgan fingerprint density at radius 1 is 0.889 bits per heavy atom. The highest BCUT2D eigenvalue weighted by Crippen LogP contribution is 2.23. The van der Waals surface area contributed by atoms with Crippen LogP contribution in [0.3, 0.4) is 0 Å². The molecule has 4 rings (SSSR count). The minimum absolute atomic E-state index is 0.0718. The summed E-state index contributed by atoms with van der Waals surface area (Å²) in [6.45, 7) is 8.97. The quantitative estimate of drug-likeness (QED) is 0.570. The van der Waals surface area contributed by atoms with E-state index < -0.39 is 0 Å². The number of aliphatic hydroxyl groups is 1. The molecule has 2 N–H and O–H groups in total. The summed E-state index contributed by atoms with van der Waals surface area (Å²) in [6, 6.07) is 8.46. The first-order valence-corrected chi connectivity index (χ1v) is 9.19. The number of imidazole rings is 2. The number of hydrogen-bond acceptors (Lipinski definition) is 3. The molecule has 5 nitrogen and oxygen atoms in total. The molecule has 0 unspecified atom stereocenters. The predicted molar refractivity (Wildman–Crippen MR) is 111 cm³/mol. The summed E-state index contributed by atoms with van der Waals surface area (Å²) in [5, 5.41) is 9.49. The smallest absolute Gasteiger partial charge is 0.134 e. The predicted octanol–water partition coefficient (Wildman–Crippen LogP) is 4.31. The zero-order chi connectivity index (χ0) is 19.1. The lowest BCUT2D eigenvalue weighted by atomic mass is 10.1. The van der Waals surface area contributed by atoms with Crippen LogP contribution in [-0.4, -0.2) is 31.2 Å². The summed E-state index contributed by atoms with van der Waals surface area (Å²) in [7, 11) is 0. The molecule has 2 heterocycles. The fourth-order valence-electron chi connectivity index (χ4n) is 3.38. The van der Waals surface area contributed by atoms with Crippen molar-refractivity contribution in [2.24, 2.45) is 0 Å². The van der Waals surface area contributed by atoms with Crippen LogP contribution in [0.2, 0.25) is 0 Å². The maximum Gasteiger partial charge on any atom is 0.134 e. The van der Waals surface area contributed by atoms with Crippen molar-refractivity contribution in [3.8, 4) is 0 Å². The molecule has 0 bridgehead atoms. The lowest BCUT2D eigenvalue weighted by molar-refractivity contribution is 0.277. The molecule has 0 aliphatic rings. The number of nitrogens with one attached hydrogen (secondary N) is 1. The Morgan fingerprint density at radius 2 is 1.56 bits per heavy atom. The van der Waals surface area contributed by atoms with E-state index in [4.69, 9.17) is 4.98 Å². The number of aromatic nitrogens is 4. The Labute approximate surface area is 158 Å². The molecule has 2 aromatic carbocycles. The second kappa shape index (κ2) is 6.67. The highest BCUT2D eigenvalue weighted by atomic mass is 16.3. The summed E-state index contributed by atoms with van der Waals surface area (Å²) in [6.07, 6.45) is 3.90. The highest BCUT2D eigenvalue weighted by Gasteiger charge is 2.10. The van der Waals surface area contributed by atoms with Crippen LogP contribution in [0.15, 0.2) is 24.3 Å². The zero-order valence-electron chi connectivity index (χ0n) is 16.2. The summed E-state index contributed by atoms with van der Waals surface area (Å²) in [5.74, 6) is 1.61. The first-order chi connectivity index (χ1) is 13.0.